The van der Waals surface area contributed by atoms with Gasteiger partial charge in [0, 0.05) is 18.1 Å². The molecule has 0 fully saturated rings. The van der Waals surface area contributed by atoms with Crippen LogP contribution in [-0.4, -0.2) is 16.0 Å². The van der Waals surface area contributed by atoms with E-state index in [1.165, 1.54) is 6.07 Å². The Bertz CT molecular complexity index is 921. The minimum Gasteiger partial charge on any atom is -0.340 e. The fourth-order valence-corrected chi connectivity index (χ4v) is 2.52. The maximum atomic E-state index is 14.3. The lowest BCUT2D eigenvalue weighted by Crippen LogP contribution is -2.30. The van der Waals surface area contributed by atoms with Crippen LogP contribution in [0, 0.1) is 26.6 Å². The van der Waals surface area contributed by atoms with Gasteiger partial charge in [-0.1, -0.05) is 29.4 Å². The summed E-state index contributed by atoms with van der Waals surface area (Å²) in [4.78, 5) is 16.8. The van der Waals surface area contributed by atoms with E-state index in [1.54, 1.807) is 37.3 Å². The van der Waals surface area contributed by atoms with E-state index in [0.717, 1.165) is 11.1 Å². The van der Waals surface area contributed by atoms with Gasteiger partial charge in [-0.2, -0.15) is 4.98 Å². The predicted molar refractivity (Wildman–Crippen MR) is 90.7 cm³/mol. The summed E-state index contributed by atoms with van der Waals surface area (Å²) >= 11 is 0. The monoisotopic (exact) mass is 339 g/mol. The summed E-state index contributed by atoms with van der Waals surface area (Å²) < 4.78 is 19.3. The van der Waals surface area contributed by atoms with Gasteiger partial charge >= 0.3 is 0 Å². The first kappa shape index (κ1) is 16.8. The van der Waals surface area contributed by atoms with Gasteiger partial charge in [0.15, 0.2) is 5.82 Å². The second-order valence-electron chi connectivity index (χ2n) is 5.90. The number of halogens is 1. The van der Waals surface area contributed by atoms with Crippen molar-refractivity contribution in [3.63, 3.8) is 0 Å². The number of rotatable bonds is 4. The third-order valence-electron chi connectivity index (χ3n) is 4.06. The number of aromatic nitrogens is 2. The molecule has 0 aliphatic carbocycles. The van der Waals surface area contributed by atoms with Crippen LogP contribution in [0.15, 0.2) is 47.0 Å². The minimum absolute atomic E-state index is 0.208. The molecule has 0 aliphatic rings. The minimum atomic E-state index is -0.840. The van der Waals surface area contributed by atoms with Crippen molar-refractivity contribution in [2.45, 2.75) is 26.8 Å². The molecule has 3 rings (SSSR count). The van der Waals surface area contributed by atoms with Crippen LogP contribution in [0.4, 0.5) is 4.39 Å². The van der Waals surface area contributed by atoms with Crippen LogP contribution >= 0.6 is 0 Å². The van der Waals surface area contributed by atoms with E-state index in [2.05, 4.69) is 15.5 Å². The molecule has 0 saturated heterocycles. The Morgan fingerprint density at radius 3 is 2.52 bits per heavy atom. The van der Waals surface area contributed by atoms with Crippen molar-refractivity contribution in [2.75, 3.05) is 0 Å². The summed E-state index contributed by atoms with van der Waals surface area (Å²) in [5.74, 6) is -0.231. The quantitative estimate of drug-likeness (QED) is 0.788. The molecule has 3 aromatic rings. The Balaban J connectivity index is 1.96. The molecule has 0 saturated carbocycles. The second kappa shape index (κ2) is 6.84. The molecule has 0 spiro atoms. The molecule has 1 aromatic heterocycles. The summed E-state index contributed by atoms with van der Waals surface area (Å²) in [5, 5.41) is 6.65. The van der Waals surface area contributed by atoms with Crippen molar-refractivity contribution in [1.29, 1.82) is 0 Å². The Hall–Kier alpha value is -3.02. The number of carbonyl (C=O) groups is 1. The third kappa shape index (κ3) is 3.57. The molecular weight excluding hydrogens is 321 g/mol. The summed E-state index contributed by atoms with van der Waals surface area (Å²) in [6.45, 7) is 5.55. The Kier molecular flexibility index (Phi) is 4.61. The molecule has 0 unspecified atom stereocenters. The molecule has 2 aromatic carbocycles. The second-order valence-corrected chi connectivity index (χ2v) is 5.90. The van der Waals surface area contributed by atoms with Gasteiger partial charge in [-0.05, 0) is 43.2 Å². The average molecular weight is 339 g/mol. The highest BCUT2D eigenvalue weighted by molar-refractivity contribution is 5.94. The smallest absolute Gasteiger partial charge is 0.252 e. The van der Waals surface area contributed by atoms with Crippen LogP contribution in [0.3, 0.4) is 0 Å². The molecule has 0 aliphatic heterocycles. The Morgan fingerprint density at radius 2 is 1.88 bits per heavy atom. The molecule has 1 heterocycles. The lowest BCUT2D eigenvalue weighted by molar-refractivity contribution is 0.0940. The number of hydrogen-bond donors (Lipinski definition) is 1. The zero-order chi connectivity index (χ0) is 18.0. The lowest BCUT2D eigenvalue weighted by atomic mass is 10.0. The molecule has 5 nitrogen and oxygen atoms in total. The lowest BCUT2D eigenvalue weighted by Gasteiger charge is -2.17. The summed E-state index contributed by atoms with van der Waals surface area (Å²) in [6.07, 6.45) is 0. The van der Waals surface area contributed by atoms with Crippen LogP contribution in [0.25, 0.3) is 0 Å². The number of hydrogen-bond acceptors (Lipinski definition) is 4. The van der Waals surface area contributed by atoms with E-state index in [0.29, 0.717) is 11.5 Å². The van der Waals surface area contributed by atoms with Crippen molar-refractivity contribution < 1.29 is 13.7 Å². The van der Waals surface area contributed by atoms with E-state index in [9.17, 15) is 9.18 Å². The van der Waals surface area contributed by atoms with Crippen LogP contribution in [0.5, 0.6) is 0 Å². The normalized spacial score (nSPS) is 12.0. The third-order valence-corrected chi connectivity index (χ3v) is 4.06. The first-order valence-electron chi connectivity index (χ1n) is 7.88. The highest BCUT2D eigenvalue weighted by Gasteiger charge is 2.25. The fourth-order valence-electron chi connectivity index (χ4n) is 2.52. The largest absolute Gasteiger partial charge is 0.340 e. The van der Waals surface area contributed by atoms with Crippen molar-refractivity contribution in [2.24, 2.45) is 0 Å². The van der Waals surface area contributed by atoms with Gasteiger partial charge in [0.05, 0.1) is 0 Å². The van der Waals surface area contributed by atoms with Crippen molar-refractivity contribution in [3.8, 4) is 0 Å². The van der Waals surface area contributed by atoms with E-state index in [4.69, 9.17) is 4.52 Å². The Labute approximate surface area is 144 Å². The van der Waals surface area contributed by atoms with Crippen LogP contribution < -0.4 is 5.32 Å². The molecule has 128 valence electrons. The highest BCUT2D eigenvalue weighted by Crippen LogP contribution is 2.23. The zero-order valence-corrected chi connectivity index (χ0v) is 14.2. The average Bonchev–Trinajstić information content (AvgIpc) is 3.02. The number of nitrogens with zero attached hydrogens (tertiary/aromatic N) is 2. The fraction of sp³-hybridized carbons (Fsp3) is 0.211. The molecule has 25 heavy (non-hydrogen) atoms. The molecule has 1 N–H and O–H groups in total. The summed E-state index contributed by atoms with van der Waals surface area (Å²) in [6, 6.07) is 10.8. The molecular formula is C19H18FN3O2. The standard InChI is InChI=1S/C19H18FN3O2/c1-11-8-9-14(10-12(11)2)19(24)22-17(18-21-13(3)25-23-18)15-6-4-5-7-16(15)20/h4-10,17H,1-3H3,(H,22,24)/t17-/m1/s1. The van der Waals surface area contributed by atoms with Gasteiger partial charge in [-0.15, -0.1) is 0 Å². The van der Waals surface area contributed by atoms with E-state index in [-0.39, 0.29) is 17.3 Å². The first-order chi connectivity index (χ1) is 12.0. The first-order valence-corrected chi connectivity index (χ1v) is 7.88. The van der Waals surface area contributed by atoms with Crippen LogP contribution in [0.2, 0.25) is 0 Å². The topological polar surface area (TPSA) is 68.0 Å². The molecule has 6 heteroatoms. The van der Waals surface area contributed by atoms with Crippen molar-refractivity contribution >= 4 is 5.91 Å². The number of benzene rings is 2. The summed E-state index contributed by atoms with van der Waals surface area (Å²) in [5.41, 5.74) is 2.87. The van der Waals surface area contributed by atoms with Crippen LogP contribution in [-0.2, 0) is 0 Å². The van der Waals surface area contributed by atoms with Gasteiger partial charge in [0.25, 0.3) is 5.91 Å². The SMILES string of the molecule is Cc1nc([C@H](NC(=O)c2ccc(C)c(C)c2)c2ccccc2F)no1. The van der Waals surface area contributed by atoms with Crippen LogP contribution in [0.1, 0.15) is 44.8 Å². The van der Waals surface area contributed by atoms with E-state index < -0.39 is 11.9 Å². The van der Waals surface area contributed by atoms with Gasteiger partial charge in [0.1, 0.15) is 11.9 Å². The molecule has 0 bridgehead atoms. The van der Waals surface area contributed by atoms with Crippen molar-refractivity contribution in [3.05, 3.63) is 82.3 Å². The molecule has 1 atom stereocenters. The van der Waals surface area contributed by atoms with E-state index in [1.807, 2.05) is 19.9 Å². The maximum Gasteiger partial charge on any atom is 0.252 e. The maximum absolute atomic E-state index is 14.3. The van der Waals surface area contributed by atoms with Gasteiger partial charge < -0.3 is 9.84 Å². The predicted octanol–water partition coefficient (Wildman–Crippen LogP) is 3.65. The number of aryl methyl sites for hydroxylation is 3. The zero-order valence-electron chi connectivity index (χ0n) is 14.2. The molecule has 1 amide bonds. The van der Waals surface area contributed by atoms with Gasteiger partial charge in [0.2, 0.25) is 5.89 Å². The number of nitrogens with one attached hydrogen (secondary N) is 1. The van der Waals surface area contributed by atoms with Crippen molar-refractivity contribution in [1.82, 2.24) is 15.5 Å². The number of carbonyl (C=O) groups excluding carboxylic acids is 1. The van der Waals surface area contributed by atoms with Gasteiger partial charge in [-0.25, -0.2) is 4.39 Å². The number of amides is 1. The molecule has 0 radical (unpaired) electrons. The Morgan fingerprint density at radius 1 is 1.12 bits per heavy atom. The van der Waals surface area contributed by atoms with Gasteiger partial charge in [-0.3, -0.25) is 4.79 Å². The van der Waals surface area contributed by atoms with E-state index >= 15 is 0 Å². The summed E-state index contributed by atoms with van der Waals surface area (Å²) in [7, 11) is 0. The highest BCUT2D eigenvalue weighted by atomic mass is 19.1.